The lowest BCUT2D eigenvalue weighted by molar-refractivity contribution is 0.234. The van der Waals surface area contributed by atoms with E-state index in [-0.39, 0.29) is 1.43 Å². The molecule has 56 valence electrons. The highest BCUT2D eigenvalue weighted by atomic mass is 15.1. The van der Waals surface area contributed by atoms with E-state index >= 15 is 0 Å². The van der Waals surface area contributed by atoms with Crippen LogP contribution in [0.15, 0.2) is 0 Å². The van der Waals surface area contributed by atoms with Crippen LogP contribution < -0.4 is 5.32 Å². The van der Waals surface area contributed by atoms with Gasteiger partial charge >= 0.3 is 0 Å². The number of nitrogens with one attached hydrogen (secondary N) is 1. The van der Waals surface area contributed by atoms with Crippen molar-refractivity contribution in [1.29, 1.82) is 0 Å². The molecule has 0 aromatic rings. The number of likely N-dealkylation sites (N-methyl/N-ethyl adjacent to an activating group) is 2. The summed E-state index contributed by atoms with van der Waals surface area (Å²) < 4.78 is 0. The maximum Gasteiger partial charge on any atom is 0.0192 e. The van der Waals surface area contributed by atoms with Gasteiger partial charge in [-0.1, -0.05) is 0 Å². The fourth-order valence-corrected chi connectivity index (χ4v) is 1.40. The summed E-state index contributed by atoms with van der Waals surface area (Å²) in [5, 5.41) is 3.29. The molecule has 0 amide bonds. The van der Waals surface area contributed by atoms with E-state index < -0.39 is 0 Å². The lowest BCUT2D eigenvalue weighted by Gasteiger charge is -2.29. The first-order valence-electron chi connectivity index (χ1n) is 3.68. The highest BCUT2D eigenvalue weighted by Crippen LogP contribution is 2.06. The van der Waals surface area contributed by atoms with Crippen molar-refractivity contribution in [2.45, 2.75) is 18.9 Å². The van der Waals surface area contributed by atoms with E-state index in [1.807, 2.05) is 7.05 Å². The SMILES string of the molecule is CN[C@H]1CCCN(C)C1.[HH]. The Balaban J connectivity index is 0.000000810. The molecular weight excluding hydrogens is 112 g/mol. The van der Waals surface area contributed by atoms with Crippen LogP contribution in [0.3, 0.4) is 0 Å². The Morgan fingerprint density at radius 2 is 2.44 bits per heavy atom. The van der Waals surface area contributed by atoms with Crippen molar-refractivity contribution in [1.82, 2.24) is 10.2 Å². The minimum atomic E-state index is 0. The Kier molecular flexibility index (Phi) is 2.49. The van der Waals surface area contributed by atoms with Crippen LogP contribution in [0.5, 0.6) is 0 Å². The third-order valence-electron chi connectivity index (χ3n) is 2.03. The average Bonchev–Trinajstić information content (AvgIpc) is 1.88. The highest BCUT2D eigenvalue weighted by molar-refractivity contribution is 4.74. The number of hydrogen-bond donors (Lipinski definition) is 1. The van der Waals surface area contributed by atoms with Gasteiger partial charge in [-0.15, -0.1) is 0 Å². The molecule has 0 aromatic heterocycles. The van der Waals surface area contributed by atoms with Crippen LogP contribution in [-0.2, 0) is 0 Å². The Bertz CT molecular complexity index is 87.7. The molecule has 1 heterocycles. The second kappa shape index (κ2) is 3.18. The first-order valence-corrected chi connectivity index (χ1v) is 3.68. The second-order valence-corrected chi connectivity index (χ2v) is 2.89. The molecule has 0 spiro atoms. The predicted molar refractivity (Wildman–Crippen MR) is 41.7 cm³/mol. The Morgan fingerprint density at radius 1 is 1.67 bits per heavy atom. The van der Waals surface area contributed by atoms with E-state index in [9.17, 15) is 0 Å². The minimum absolute atomic E-state index is 0. The van der Waals surface area contributed by atoms with E-state index in [1.54, 1.807) is 0 Å². The summed E-state index contributed by atoms with van der Waals surface area (Å²) in [7, 11) is 4.23. The summed E-state index contributed by atoms with van der Waals surface area (Å²) in [6.45, 7) is 2.49. The van der Waals surface area contributed by atoms with Crippen LogP contribution in [0, 0.1) is 0 Å². The van der Waals surface area contributed by atoms with E-state index in [0.29, 0.717) is 0 Å². The molecule has 1 aliphatic heterocycles. The molecule has 9 heavy (non-hydrogen) atoms. The van der Waals surface area contributed by atoms with Crippen LogP contribution in [-0.4, -0.2) is 38.1 Å². The molecule has 1 N–H and O–H groups in total. The zero-order chi connectivity index (χ0) is 6.69. The van der Waals surface area contributed by atoms with Crippen molar-refractivity contribution < 1.29 is 1.43 Å². The third kappa shape index (κ3) is 1.95. The number of nitrogens with zero attached hydrogens (tertiary/aromatic N) is 1. The number of hydrogen-bond acceptors (Lipinski definition) is 2. The van der Waals surface area contributed by atoms with E-state index in [2.05, 4.69) is 17.3 Å². The van der Waals surface area contributed by atoms with Crippen LogP contribution in [0.25, 0.3) is 0 Å². The average molecular weight is 130 g/mol. The van der Waals surface area contributed by atoms with Gasteiger partial charge in [0.05, 0.1) is 0 Å². The minimum Gasteiger partial charge on any atom is -0.316 e. The third-order valence-corrected chi connectivity index (χ3v) is 2.03. The topological polar surface area (TPSA) is 15.3 Å². The second-order valence-electron chi connectivity index (χ2n) is 2.89. The van der Waals surface area contributed by atoms with E-state index in [4.69, 9.17) is 0 Å². The molecule has 0 aromatic carbocycles. The molecule has 0 radical (unpaired) electrons. The fourth-order valence-electron chi connectivity index (χ4n) is 1.40. The van der Waals surface area contributed by atoms with Gasteiger partial charge in [0.15, 0.2) is 0 Å². The molecular formula is C7H18N2. The van der Waals surface area contributed by atoms with Gasteiger partial charge < -0.3 is 10.2 Å². The van der Waals surface area contributed by atoms with Crippen molar-refractivity contribution in [3.05, 3.63) is 0 Å². The van der Waals surface area contributed by atoms with Crippen molar-refractivity contribution in [2.75, 3.05) is 27.2 Å². The van der Waals surface area contributed by atoms with Gasteiger partial charge in [0.2, 0.25) is 0 Å². The van der Waals surface area contributed by atoms with Gasteiger partial charge in [0.25, 0.3) is 0 Å². The van der Waals surface area contributed by atoms with Gasteiger partial charge in [-0.05, 0) is 33.5 Å². The molecule has 0 aliphatic carbocycles. The molecule has 0 unspecified atom stereocenters. The van der Waals surface area contributed by atoms with Crippen molar-refractivity contribution in [3.8, 4) is 0 Å². The molecule has 1 fully saturated rings. The molecule has 0 bridgehead atoms. The predicted octanol–water partition coefficient (Wildman–Crippen LogP) is 0.546. The summed E-state index contributed by atoms with van der Waals surface area (Å²) in [4.78, 5) is 2.38. The zero-order valence-electron chi connectivity index (χ0n) is 6.35. The number of piperidine rings is 1. The summed E-state index contributed by atoms with van der Waals surface area (Å²) in [5.41, 5.74) is 0. The maximum absolute atomic E-state index is 3.29. The standard InChI is InChI=1S/C7H16N2.H2/c1-8-7-4-3-5-9(2)6-7;/h7-8H,3-6H2,1-2H3;1H/t7-;/m0./s1. The van der Waals surface area contributed by atoms with Crippen molar-refractivity contribution in [2.24, 2.45) is 0 Å². The van der Waals surface area contributed by atoms with Crippen LogP contribution >= 0.6 is 0 Å². The zero-order valence-corrected chi connectivity index (χ0v) is 6.35. The summed E-state index contributed by atoms with van der Waals surface area (Å²) in [5.74, 6) is 0. The number of likely N-dealkylation sites (tertiary alicyclic amines) is 1. The number of rotatable bonds is 1. The lowest BCUT2D eigenvalue weighted by atomic mass is 10.1. The van der Waals surface area contributed by atoms with Gasteiger partial charge in [-0.2, -0.15) is 0 Å². The molecule has 1 aliphatic rings. The largest absolute Gasteiger partial charge is 0.316 e. The van der Waals surface area contributed by atoms with Gasteiger partial charge in [0, 0.05) is 14.0 Å². The Hall–Kier alpha value is -0.0800. The fraction of sp³-hybridized carbons (Fsp3) is 1.00. The highest BCUT2D eigenvalue weighted by Gasteiger charge is 2.13. The monoisotopic (exact) mass is 130 g/mol. The molecule has 1 saturated heterocycles. The van der Waals surface area contributed by atoms with Crippen molar-refractivity contribution >= 4 is 0 Å². The summed E-state index contributed by atoms with van der Waals surface area (Å²) >= 11 is 0. The first kappa shape index (κ1) is 7.03. The lowest BCUT2D eigenvalue weighted by Crippen LogP contribution is -2.42. The Morgan fingerprint density at radius 3 is 2.89 bits per heavy atom. The summed E-state index contributed by atoms with van der Waals surface area (Å²) in [6.07, 6.45) is 2.70. The molecule has 1 atom stereocenters. The molecule has 2 heteroatoms. The van der Waals surface area contributed by atoms with E-state index in [0.717, 1.165) is 6.04 Å². The van der Waals surface area contributed by atoms with Crippen LogP contribution in [0.1, 0.15) is 14.3 Å². The Labute approximate surface area is 58.7 Å². The molecule has 1 rings (SSSR count). The van der Waals surface area contributed by atoms with Crippen molar-refractivity contribution in [3.63, 3.8) is 0 Å². The van der Waals surface area contributed by atoms with Gasteiger partial charge in [0.1, 0.15) is 0 Å². The van der Waals surface area contributed by atoms with Crippen LogP contribution in [0.2, 0.25) is 0 Å². The smallest absolute Gasteiger partial charge is 0.0192 e. The van der Waals surface area contributed by atoms with Crippen LogP contribution in [0.4, 0.5) is 0 Å². The normalized spacial score (nSPS) is 30.7. The first-order chi connectivity index (χ1) is 4.33. The quantitative estimate of drug-likeness (QED) is 0.557. The maximum atomic E-state index is 3.29. The van der Waals surface area contributed by atoms with E-state index in [1.165, 1.54) is 25.9 Å². The van der Waals surface area contributed by atoms with Gasteiger partial charge in [-0.25, -0.2) is 0 Å². The summed E-state index contributed by atoms with van der Waals surface area (Å²) in [6, 6.07) is 0.740. The molecule has 2 nitrogen and oxygen atoms in total. The molecule has 0 saturated carbocycles. The van der Waals surface area contributed by atoms with Gasteiger partial charge in [-0.3, -0.25) is 0 Å².